The quantitative estimate of drug-likeness (QED) is 0.346. The molecule has 1 rings (SSSR count). The predicted octanol–water partition coefficient (Wildman–Crippen LogP) is 2.60. The van der Waals surface area contributed by atoms with E-state index >= 15 is 0 Å². The zero-order valence-electron chi connectivity index (χ0n) is 13.6. The molecule has 0 saturated heterocycles. The number of nitrogens with zero attached hydrogens (tertiary/aromatic N) is 1. The largest absolute Gasteiger partial charge is 0.295 e. The number of rotatable bonds is 10. The predicted molar refractivity (Wildman–Crippen MR) is 96.4 cm³/mol. The average molecular weight is 392 g/mol. The minimum Gasteiger partial charge on any atom is -0.295 e. The van der Waals surface area contributed by atoms with Gasteiger partial charge in [-0.25, -0.2) is 8.42 Å². The van der Waals surface area contributed by atoms with Crippen LogP contribution in [0.5, 0.6) is 0 Å². The zero-order chi connectivity index (χ0) is 18.4. The lowest BCUT2D eigenvalue weighted by molar-refractivity contribution is -0.115. The van der Waals surface area contributed by atoms with Crippen molar-refractivity contribution < 1.29 is 21.6 Å². The van der Waals surface area contributed by atoms with Crippen LogP contribution in [0.15, 0.2) is 47.4 Å². The van der Waals surface area contributed by atoms with Gasteiger partial charge in [0.2, 0.25) is 0 Å². The normalized spacial score (nSPS) is 12.3. The van der Waals surface area contributed by atoms with Gasteiger partial charge in [0.25, 0.3) is 19.1 Å². The first-order valence-electron chi connectivity index (χ1n) is 7.21. The third-order valence-corrected chi connectivity index (χ3v) is 9.65. The van der Waals surface area contributed by atoms with E-state index in [-0.39, 0.29) is 16.4 Å². The summed E-state index contributed by atoms with van der Waals surface area (Å²) in [6.45, 7) is 5.18. The summed E-state index contributed by atoms with van der Waals surface area (Å²) >= 11 is 0. The van der Waals surface area contributed by atoms with Gasteiger partial charge in [-0.1, -0.05) is 28.5 Å². The molecule has 0 saturated carbocycles. The second kappa shape index (κ2) is 8.80. The van der Waals surface area contributed by atoms with Gasteiger partial charge >= 0.3 is 0 Å². The molecule has 0 aliphatic carbocycles. The van der Waals surface area contributed by atoms with Gasteiger partial charge in [0.1, 0.15) is 0 Å². The SMILES string of the molecule is C=C(C)C(=O)CCCCSS(=O)(=O)N(C)S(=O)(=O)c1ccccc1. The third kappa shape index (κ3) is 5.73. The number of carbonyl (C=O) groups is 1. The molecule has 24 heavy (non-hydrogen) atoms. The van der Waals surface area contributed by atoms with Gasteiger partial charge < -0.3 is 0 Å². The van der Waals surface area contributed by atoms with Gasteiger partial charge in [0, 0.05) is 19.2 Å². The Bertz CT molecular complexity index is 786. The number of ketones is 1. The minimum absolute atomic E-state index is 0.0494. The molecule has 0 radical (unpaired) electrons. The van der Waals surface area contributed by atoms with Crippen LogP contribution < -0.4 is 0 Å². The molecule has 0 unspecified atom stereocenters. The number of sulfonamides is 1. The molecule has 6 nitrogen and oxygen atoms in total. The van der Waals surface area contributed by atoms with Gasteiger partial charge in [0.15, 0.2) is 5.78 Å². The first-order valence-corrected chi connectivity index (χ1v) is 11.6. The van der Waals surface area contributed by atoms with E-state index in [1.165, 1.54) is 24.3 Å². The number of hydrogen-bond donors (Lipinski definition) is 0. The summed E-state index contributed by atoms with van der Waals surface area (Å²) in [5.41, 5.74) is 0.476. The van der Waals surface area contributed by atoms with Crippen molar-refractivity contribution in [3.8, 4) is 0 Å². The summed E-state index contributed by atoms with van der Waals surface area (Å²) in [6.07, 6.45) is 1.33. The molecule has 0 aromatic heterocycles. The smallest absolute Gasteiger partial charge is 0.280 e. The minimum atomic E-state index is -4.11. The van der Waals surface area contributed by atoms with Crippen molar-refractivity contribution in [1.82, 2.24) is 3.71 Å². The molecule has 0 heterocycles. The second-order valence-corrected chi connectivity index (χ2v) is 11.4. The molecule has 0 amide bonds. The molecule has 134 valence electrons. The molecule has 0 bridgehead atoms. The number of unbranched alkanes of at least 4 members (excludes halogenated alkanes) is 1. The summed E-state index contributed by atoms with van der Waals surface area (Å²) in [4.78, 5) is 11.3. The van der Waals surface area contributed by atoms with E-state index in [1.54, 1.807) is 13.0 Å². The maximum Gasteiger partial charge on any atom is 0.280 e. The van der Waals surface area contributed by atoms with Gasteiger partial charge in [-0.05, 0) is 48.3 Å². The maximum atomic E-state index is 12.3. The highest BCUT2D eigenvalue weighted by atomic mass is 33.1. The lowest BCUT2D eigenvalue weighted by Crippen LogP contribution is -2.31. The van der Waals surface area contributed by atoms with Crippen LogP contribution in [0.25, 0.3) is 0 Å². The Morgan fingerprint density at radius 3 is 2.25 bits per heavy atom. The van der Waals surface area contributed by atoms with E-state index in [0.717, 1.165) is 7.05 Å². The maximum absolute atomic E-state index is 12.3. The summed E-state index contributed by atoms with van der Waals surface area (Å²) in [6, 6.07) is 7.39. The van der Waals surface area contributed by atoms with Crippen molar-refractivity contribution in [2.45, 2.75) is 31.1 Å². The fraction of sp³-hybridized carbons (Fsp3) is 0.400. The summed E-state index contributed by atoms with van der Waals surface area (Å²) in [5, 5.41) is 0. The molecule has 1 aromatic carbocycles. The molecule has 0 aliphatic rings. The first-order chi connectivity index (χ1) is 11.1. The van der Waals surface area contributed by atoms with Crippen LogP contribution in [0.4, 0.5) is 0 Å². The molecule has 9 heteroatoms. The Labute approximate surface area is 147 Å². The lowest BCUT2D eigenvalue weighted by Gasteiger charge is -2.16. The van der Waals surface area contributed by atoms with Crippen LogP contribution in [0.1, 0.15) is 26.2 Å². The standard InChI is InChI=1S/C15H21NO5S3/c1-13(2)15(17)11-7-8-12-22-24(20,21)16(3)23(18,19)14-9-5-4-6-10-14/h4-6,9-10H,1,7-8,11-12H2,2-3H3. The molecule has 0 atom stereocenters. The van der Waals surface area contributed by atoms with Crippen LogP contribution in [0.3, 0.4) is 0 Å². The van der Waals surface area contributed by atoms with Crippen LogP contribution >= 0.6 is 10.8 Å². The number of Topliss-reactive ketones (excluding diaryl/α,β-unsaturated/α-hetero) is 1. The molecular weight excluding hydrogens is 370 g/mol. The Morgan fingerprint density at radius 1 is 1.12 bits per heavy atom. The second-order valence-electron chi connectivity index (χ2n) is 5.14. The topological polar surface area (TPSA) is 88.6 Å². The molecule has 0 fully saturated rings. The summed E-state index contributed by atoms with van der Waals surface area (Å²) in [7, 11) is -6.55. The molecular formula is C15H21NO5S3. The van der Waals surface area contributed by atoms with Crippen molar-refractivity contribution in [2.24, 2.45) is 0 Å². The van der Waals surface area contributed by atoms with Crippen molar-refractivity contribution in [2.75, 3.05) is 12.8 Å². The van der Waals surface area contributed by atoms with E-state index in [1.807, 2.05) is 0 Å². The summed E-state index contributed by atoms with van der Waals surface area (Å²) < 4.78 is 49.4. The summed E-state index contributed by atoms with van der Waals surface area (Å²) in [5.74, 6) is 0.159. The monoisotopic (exact) mass is 391 g/mol. The van der Waals surface area contributed by atoms with Gasteiger partial charge in [0.05, 0.1) is 4.90 Å². The van der Waals surface area contributed by atoms with Gasteiger partial charge in [-0.15, -0.1) is 0 Å². The van der Waals surface area contributed by atoms with Crippen LogP contribution in [-0.2, 0) is 23.9 Å². The van der Waals surface area contributed by atoms with Crippen molar-refractivity contribution in [1.29, 1.82) is 0 Å². The Kier molecular flexibility index (Phi) is 7.65. The van der Waals surface area contributed by atoms with Crippen molar-refractivity contribution in [3.63, 3.8) is 0 Å². The van der Waals surface area contributed by atoms with Crippen molar-refractivity contribution in [3.05, 3.63) is 42.5 Å². The van der Waals surface area contributed by atoms with E-state index in [4.69, 9.17) is 0 Å². The Hall–Kier alpha value is -1.16. The number of hydrogen-bond acceptors (Lipinski definition) is 6. The molecule has 0 aliphatic heterocycles. The lowest BCUT2D eigenvalue weighted by atomic mass is 10.1. The highest BCUT2D eigenvalue weighted by Crippen LogP contribution is 2.25. The number of benzene rings is 1. The number of carbonyl (C=O) groups excluding carboxylic acids is 1. The van der Waals surface area contributed by atoms with Gasteiger partial charge in [-0.3, -0.25) is 4.79 Å². The van der Waals surface area contributed by atoms with Crippen LogP contribution in [0, 0.1) is 0 Å². The highest BCUT2D eigenvalue weighted by molar-refractivity contribution is 8.72. The average Bonchev–Trinajstić information content (AvgIpc) is 2.54. The highest BCUT2D eigenvalue weighted by Gasteiger charge is 2.31. The van der Waals surface area contributed by atoms with E-state index in [0.29, 0.717) is 39.3 Å². The fourth-order valence-corrected chi connectivity index (χ4v) is 6.94. The zero-order valence-corrected chi connectivity index (χ0v) is 16.1. The Balaban J connectivity index is 2.62. The molecule has 1 aromatic rings. The number of allylic oxidation sites excluding steroid dienone is 1. The van der Waals surface area contributed by atoms with Crippen LogP contribution in [0.2, 0.25) is 0 Å². The third-order valence-electron chi connectivity index (χ3n) is 3.20. The fourth-order valence-electron chi connectivity index (χ4n) is 1.70. The van der Waals surface area contributed by atoms with E-state index in [9.17, 15) is 21.6 Å². The van der Waals surface area contributed by atoms with Gasteiger partial charge in [-0.2, -0.15) is 8.42 Å². The molecule has 0 N–H and O–H groups in total. The van der Waals surface area contributed by atoms with E-state index < -0.39 is 19.1 Å². The Morgan fingerprint density at radius 2 is 1.71 bits per heavy atom. The first kappa shape index (κ1) is 20.9. The molecule has 0 spiro atoms. The van der Waals surface area contributed by atoms with Crippen molar-refractivity contribution >= 4 is 35.7 Å². The van der Waals surface area contributed by atoms with E-state index in [2.05, 4.69) is 6.58 Å². The van der Waals surface area contributed by atoms with Crippen LogP contribution in [-0.4, -0.2) is 39.1 Å².